The summed E-state index contributed by atoms with van der Waals surface area (Å²) in [5.74, 6) is 2.94. The van der Waals surface area contributed by atoms with Gasteiger partial charge in [-0.05, 0) is 17.9 Å². The van der Waals surface area contributed by atoms with Crippen LogP contribution in [-0.2, 0) is 0 Å². The van der Waals surface area contributed by atoms with Crippen LogP contribution in [0, 0.1) is 5.41 Å². The Labute approximate surface area is 94.5 Å². The molecule has 0 aromatic heterocycles. The second-order valence-corrected chi connectivity index (χ2v) is 4.38. The largest absolute Gasteiger partial charge is 0.493 e. The summed E-state index contributed by atoms with van der Waals surface area (Å²) in [5, 5.41) is 7.29. The SMILES string of the molecule is CCSCCOc1cccc(C(=N)N)c1. The zero-order valence-corrected chi connectivity index (χ0v) is 9.64. The zero-order chi connectivity index (χ0) is 11.1. The number of rotatable bonds is 6. The number of hydrogen-bond donors (Lipinski definition) is 2. The summed E-state index contributed by atoms with van der Waals surface area (Å²) in [4.78, 5) is 0. The van der Waals surface area contributed by atoms with Gasteiger partial charge in [0, 0.05) is 11.3 Å². The molecule has 0 saturated heterocycles. The van der Waals surface area contributed by atoms with Gasteiger partial charge < -0.3 is 10.5 Å². The van der Waals surface area contributed by atoms with Crippen LogP contribution in [0.5, 0.6) is 5.75 Å². The van der Waals surface area contributed by atoms with E-state index in [1.165, 1.54) is 0 Å². The Morgan fingerprint density at radius 2 is 2.33 bits per heavy atom. The van der Waals surface area contributed by atoms with E-state index in [1.54, 1.807) is 12.1 Å². The smallest absolute Gasteiger partial charge is 0.122 e. The van der Waals surface area contributed by atoms with Gasteiger partial charge in [-0.25, -0.2) is 0 Å². The number of thioether (sulfide) groups is 1. The Morgan fingerprint density at radius 3 is 3.00 bits per heavy atom. The molecule has 0 amide bonds. The predicted octanol–water partition coefficient (Wildman–Crippen LogP) is 2.10. The Kier molecular flexibility index (Phi) is 5.04. The van der Waals surface area contributed by atoms with Crippen molar-refractivity contribution in [3.05, 3.63) is 29.8 Å². The molecule has 0 aliphatic carbocycles. The summed E-state index contributed by atoms with van der Waals surface area (Å²) in [7, 11) is 0. The minimum atomic E-state index is 0.0726. The van der Waals surface area contributed by atoms with Gasteiger partial charge in [0.2, 0.25) is 0 Å². The lowest BCUT2D eigenvalue weighted by atomic mass is 10.2. The third-order valence-electron chi connectivity index (χ3n) is 1.85. The van der Waals surface area contributed by atoms with Crippen molar-refractivity contribution >= 4 is 17.6 Å². The first-order chi connectivity index (χ1) is 7.24. The maximum absolute atomic E-state index is 7.29. The van der Waals surface area contributed by atoms with Gasteiger partial charge in [-0.3, -0.25) is 5.41 Å². The fourth-order valence-corrected chi connectivity index (χ4v) is 1.61. The highest BCUT2D eigenvalue weighted by Gasteiger charge is 1.98. The van der Waals surface area contributed by atoms with Gasteiger partial charge in [0.25, 0.3) is 0 Å². The predicted molar refractivity (Wildman–Crippen MR) is 66.0 cm³/mol. The second-order valence-electron chi connectivity index (χ2n) is 2.99. The third-order valence-corrected chi connectivity index (χ3v) is 2.71. The Morgan fingerprint density at radius 1 is 1.53 bits per heavy atom. The summed E-state index contributed by atoms with van der Waals surface area (Å²) in [6.45, 7) is 2.82. The molecule has 0 aliphatic rings. The van der Waals surface area contributed by atoms with Gasteiger partial charge in [-0.2, -0.15) is 11.8 Å². The van der Waals surface area contributed by atoms with Gasteiger partial charge in [-0.1, -0.05) is 19.1 Å². The van der Waals surface area contributed by atoms with Crippen LogP contribution in [0.2, 0.25) is 0 Å². The first-order valence-corrected chi connectivity index (χ1v) is 6.04. The van der Waals surface area contributed by atoms with Crippen LogP contribution in [-0.4, -0.2) is 23.9 Å². The second kappa shape index (κ2) is 6.35. The lowest BCUT2D eigenvalue weighted by molar-refractivity contribution is 0.344. The molecule has 3 nitrogen and oxygen atoms in total. The lowest BCUT2D eigenvalue weighted by Gasteiger charge is -2.06. The number of nitrogens with two attached hydrogens (primary N) is 1. The molecule has 0 radical (unpaired) electrons. The summed E-state index contributed by atoms with van der Waals surface area (Å²) in [5.41, 5.74) is 6.09. The van der Waals surface area contributed by atoms with E-state index >= 15 is 0 Å². The van der Waals surface area contributed by atoms with Crippen LogP contribution in [0.4, 0.5) is 0 Å². The van der Waals surface area contributed by atoms with Gasteiger partial charge in [-0.15, -0.1) is 0 Å². The van der Waals surface area contributed by atoms with Crippen LogP contribution in [0.1, 0.15) is 12.5 Å². The van der Waals surface area contributed by atoms with Gasteiger partial charge >= 0.3 is 0 Å². The van der Waals surface area contributed by atoms with Crippen molar-refractivity contribution in [3.63, 3.8) is 0 Å². The van der Waals surface area contributed by atoms with Gasteiger partial charge in [0.05, 0.1) is 6.61 Å². The lowest BCUT2D eigenvalue weighted by Crippen LogP contribution is -2.11. The molecule has 0 fully saturated rings. The molecule has 1 aromatic rings. The molecule has 0 heterocycles. The Bertz CT molecular complexity index is 328. The zero-order valence-electron chi connectivity index (χ0n) is 8.82. The van der Waals surface area contributed by atoms with Crippen LogP contribution >= 0.6 is 11.8 Å². The van der Waals surface area contributed by atoms with Crippen LogP contribution < -0.4 is 10.5 Å². The number of ether oxygens (including phenoxy) is 1. The maximum Gasteiger partial charge on any atom is 0.122 e. The van der Waals surface area contributed by atoms with E-state index in [1.807, 2.05) is 23.9 Å². The van der Waals surface area contributed by atoms with Crippen molar-refractivity contribution in [2.75, 3.05) is 18.1 Å². The minimum Gasteiger partial charge on any atom is -0.493 e. The number of nitrogen functional groups attached to an aromatic ring is 1. The summed E-state index contributed by atoms with van der Waals surface area (Å²) < 4.78 is 5.53. The van der Waals surface area contributed by atoms with Crippen LogP contribution in [0.15, 0.2) is 24.3 Å². The average Bonchev–Trinajstić information content (AvgIpc) is 2.25. The molecule has 15 heavy (non-hydrogen) atoms. The topological polar surface area (TPSA) is 59.1 Å². The molecule has 3 N–H and O–H groups in total. The molecule has 0 spiro atoms. The van der Waals surface area contributed by atoms with E-state index in [9.17, 15) is 0 Å². The van der Waals surface area contributed by atoms with Gasteiger partial charge in [0.1, 0.15) is 11.6 Å². The number of hydrogen-bond acceptors (Lipinski definition) is 3. The normalized spacial score (nSPS) is 9.93. The number of nitrogens with one attached hydrogen (secondary N) is 1. The van der Waals surface area contributed by atoms with E-state index in [2.05, 4.69) is 6.92 Å². The molecule has 0 saturated carbocycles. The highest BCUT2D eigenvalue weighted by atomic mass is 32.2. The fraction of sp³-hybridized carbons (Fsp3) is 0.364. The number of amidine groups is 1. The van der Waals surface area contributed by atoms with Crippen molar-refractivity contribution < 1.29 is 4.74 Å². The summed E-state index contributed by atoms with van der Waals surface area (Å²) in [6, 6.07) is 7.32. The monoisotopic (exact) mass is 224 g/mol. The highest BCUT2D eigenvalue weighted by molar-refractivity contribution is 7.99. The molecule has 1 aromatic carbocycles. The first kappa shape index (κ1) is 11.9. The molecule has 0 unspecified atom stereocenters. The first-order valence-electron chi connectivity index (χ1n) is 4.89. The standard InChI is InChI=1S/C11H16N2OS/c1-2-15-7-6-14-10-5-3-4-9(8-10)11(12)13/h3-5,8H,2,6-7H2,1H3,(H3,12,13). The van der Waals surface area contributed by atoms with Crippen LogP contribution in [0.25, 0.3) is 0 Å². The van der Waals surface area contributed by atoms with Crippen molar-refractivity contribution in [3.8, 4) is 5.75 Å². The molecule has 82 valence electrons. The third kappa shape index (κ3) is 4.25. The quantitative estimate of drug-likeness (QED) is 0.442. The highest BCUT2D eigenvalue weighted by Crippen LogP contribution is 2.13. The van der Waals surface area contributed by atoms with Crippen molar-refractivity contribution in [1.29, 1.82) is 5.41 Å². The molecule has 0 aliphatic heterocycles. The molecular formula is C11H16N2OS. The Hall–Kier alpha value is -1.16. The fourth-order valence-electron chi connectivity index (χ4n) is 1.12. The summed E-state index contributed by atoms with van der Waals surface area (Å²) in [6.07, 6.45) is 0. The Balaban J connectivity index is 2.47. The van der Waals surface area contributed by atoms with E-state index in [0.29, 0.717) is 12.2 Å². The van der Waals surface area contributed by atoms with Crippen molar-refractivity contribution in [2.24, 2.45) is 5.73 Å². The number of benzene rings is 1. The van der Waals surface area contributed by atoms with Crippen LogP contribution in [0.3, 0.4) is 0 Å². The minimum absolute atomic E-state index is 0.0726. The van der Waals surface area contributed by atoms with E-state index in [4.69, 9.17) is 15.9 Å². The van der Waals surface area contributed by atoms with Crippen molar-refractivity contribution in [1.82, 2.24) is 0 Å². The molecule has 4 heteroatoms. The molecule has 1 rings (SSSR count). The average molecular weight is 224 g/mol. The van der Waals surface area contributed by atoms with Gasteiger partial charge in [0.15, 0.2) is 0 Å². The van der Waals surface area contributed by atoms with Crippen molar-refractivity contribution in [2.45, 2.75) is 6.92 Å². The molecular weight excluding hydrogens is 208 g/mol. The van der Waals surface area contributed by atoms with E-state index in [-0.39, 0.29) is 5.84 Å². The van der Waals surface area contributed by atoms with E-state index < -0.39 is 0 Å². The summed E-state index contributed by atoms with van der Waals surface area (Å²) >= 11 is 1.85. The molecule has 0 atom stereocenters. The van der Waals surface area contributed by atoms with E-state index in [0.717, 1.165) is 17.3 Å². The maximum atomic E-state index is 7.29. The molecule has 0 bridgehead atoms.